The van der Waals surface area contributed by atoms with Gasteiger partial charge >= 0.3 is 0 Å². The number of rotatable bonds is 7. The molecule has 1 aromatic carbocycles. The van der Waals surface area contributed by atoms with Crippen LogP contribution in [0.1, 0.15) is 24.3 Å². The minimum atomic E-state index is -0.0701. The summed E-state index contributed by atoms with van der Waals surface area (Å²) in [5, 5.41) is 6.05. The lowest BCUT2D eigenvalue weighted by Crippen LogP contribution is -2.35. The Kier molecular flexibility index (Phi) is 6.22. The van der Waals surface area contributed by atoms with Gasteiger partial charge in [0.25, 0.3) is 0 Å². The number of morpholine rings is 1. The van der Waals surface area contributed by atoms with Crippen molar-refractivity contribution < 1.29 is 13.9 Å². The van der Waals surface area contributed by atoms with Crippen molar-refractivity contribution in [2.45, 2.75) is 19.5 Å². The molecule has 0 radical (unpaired) electrons. The monoisotopic (exact) mass is 343 g/mol. The van der Waals surface area contributed by atoms with Crippen LogP contribution < -0.4 is 10.6 Å². The predicted molar refractivity (Wildman–Crippen MR) is 96.3 cm³/mol. The third-order valence-corrected chi connectivity index (χ3v) is 4.29. The maximum Gasteiger partial charge on any atom is 0.238 e. The van der Waals surface area contributed by atoms with Gasteiger partial charge in [-0.3, -0.25) is 15.0 Å². The van der Waals surface area contributed by atoms with Gasteiger partial charge < -0.3 is 14.5 Å². The average molecular weight is 343 g/mol. The van der Waals surface area contributed by atoms with Crippen molar-refractivity contribution >= 4 is 11.6 Å². The first-order valence-corrected chi connectivity index (χ1v) is 8.66. The molecule has 6 heteroatoms. The number of furan rings is 1. The normalized spacial score (nSPS) is 16.5. The van der Waals surface area contributed by atoms with E-state index < -0.39 is 0 Å². The van der Waals surface area contributed by atoms with Crippen LogP contribution in [0, 0.1) is 0 Å². The minimum absolute atomic E-state index is 0.00310. The maximum atomic E-state index is 12.1. The van der Waals surface area contributed by atoms with Gasteiger partial charge in [-0.15, -0.1) is 0 Å². The molecule has 0 bridgehead atoms. The Balaban J connectivity index is 1.43. The first-order valence-electron chi connectivity index (χ1n) is 8.66. The number of ether oxygens (including phenoxy) is 1. The second-order valence-corrected chi connectivity index (χ2v) is 6.25. The number of nitrogens with zero attached hydrogens (tertiary/aromatic N) is 1. The molecule has 1 atom stereocenters. The summed E-state index contributed by atoms with van der Waals surface area (Å²) in [6.07, 6.45) is 1.63. The number of nitrogens with one attached hydrogen (secondary N) is 2. The van der Waals surface area contributed by atoms with Crippen LogP contribution in [0.15, 0.2) is 47.1 Å². The van der Waals surface area contributed by atoms with Crippen LogP contribution in [-0.4, -0.2) is 43.7 Å². The van der Waals surface area contributed by atoms with Crippen LogP contribution in [-0.2, 0) is 16.1 Å². The zero-order valence-corrected chi connectivity index (χ0v) is 14.5. The molecule has 1 aromatic heterocycles. The number of carbonyl (C=O) groups excluding carboxylic acids is 1. The van der Waals surface area contributed by atoms with Gasteiger partial charge in [0.2, 0.25) is 5.91 Å². The van der Waals surface area contributed by atoms with Crippen LogP contribution in [0.5, 0.6) is 0 Å². The van der Waals surface area contributed by atoms with Crippen molar-refractivity contribution in [2.75, 3.05) is 38.2 Å². The predicted octanol–water partition coefficient (Wildman–Crippen LogP) is 2.40. The summed E-state index contributed by atoms with van der Waals surface area (Å²) >= 11 is 0. The highest BCUT2D eigenvalue weighted by molar-refractivity contribution is 5.92. The summed E-state index contributed by atoms with van der Waals surface area (Å²) < 4.78 is 10.7. The third kappa shape index (κ3) is 5.42. The standard InChI is InChI=1S/C19H25N3O3/c1-15(18-3-2-10-25-18)20-13-19(23)21-17-6-4-16(5-7-17)14-22-8-11-24-12-9-22/h2-7,10,15,20H,8-9,11-14H2,1H3,(H,21,23)/t15-/m1/s1. The molecule has 6 nitrogen and oxygen atoms in total. The Morgan fingerprint density at radius 2 is 1.96 bits per heavy atom. The maximum absolute atomic E-state index is 12.1. The fourth-order valence-corrected chi connectivity index (χ4v) is 2.80. The van der Waals surface area contributed by atoms with Crippen molar-refractivity contribution in [3.05, 3.63) is 54.0 Å². The van der Waals surface area contributed by atoms with Gasteiger partial charge in [-0.2, -0.15) is 0 Å². The topological polar surface area (TPSA) is 66.7 Å². The van der Waals surface area contributed by atoms with Crippen molar-refractivity contribution in [1.29, 1.82) is 0 Å². The lowest BCUT2D eigenvalue weighted by atomic mass is 10.2. The molecule has 25 heavy (non-hydrogen) atoms. The van der Waals surface area contributed by atoms with E-state index in [9.17, 15) is 4.79 Å². The van der Waals surface area contributed by atoms with Crippen molar-refractivity contribution in [3.8, 4) is 0 Å². The van der Waals surface area contributed by atoms with Crippen LogP contribution in [0.3, 0.4) is 0 Å². The van der Waals surface area contributed by atoms with E-state index in [2.05, 4.69) is 27.7 Å². The van der Waals surface area contributed by atoms with Crippen molar-refractivity contribution in [3.63, 3.8) is 0 Å². The molecule has 134 valence electrons. The number of benzene rings is 1. The molecule has 0 spiro atoms. The summed E-state index contributed by atoms with van der Waals surface area (Å²) in [5.74, 6) is 0.750. The van der Waals surface area contributed by atoms with Crippen LogP contribution in [0.4, 0.5) is 5.69 Å². The van der Waals surface area contributed by atoms with Gasteiger partial charge in [0, 0.05) is 25.3 Å². The molecule has 1 saturated heterocycles. The zero-order chi connectivity index (χ0) is 17.5. The number of hydrogen-bond acceptors (Lipinski definition) is 5. The largest absolute Gasteiger partial charge is 0.468 e. The highest BCUT2D eigenvalue weighted by atomic mass is 16.5. The van der Waals surface area contributed by atoms with Crippen LogP contribution in [0.25, 0.3) is 0 Å². The Labute approximate surface area is 148 Å². The van der Waals surface area contributed by atoms with Crippen molar-refractivity contribution in [1.82, 2.24) is 10.2 Å². The average Bonchev–Trinajstić information content (AvgIpc) is 3.17. The number of hydrogen-bond donors (Lipinski definition) is 2. The van der Waals surface area contributed by atoms with Gasteiger partial charge in [0.15, 0.2) is 0 Å². The van der Waals surface area contributed by atoms with Gasteiger partial charge in [-0.25, -0.2) is 0 Å². The second kappa shape index (κ2) is 8.80. The molecule has 2 heterocycles. The molecule has 1 fully saturated rings. The highest BCUT2D eigenvalue weighted by Crippen LogP contribution is 2.13. The van der Waals surface area contributed by atoms with Gasteiger partial charge in [-0.05, 0) is 36.8 Å². The molecule has 1 aliphatic heterocycles. The smallest absolute Gasteiger partial charge is 0.238 e. The summed E-state index contributed by atoms with van der Waals surface area (Å²) in [5.41, 5.74) is 2.05. The Morgan fingerprint density at radius 3 is 2.64 bits per heavy atom. The SMILES string of the molecule is C[C@@H](NCC(=O)Nc1ccc(CN2CCOCC2)cc1)c1ccco1. The highest BCUT2D eigenvalue weighted by Gasteiger charge is 2.12. The Bertz CT molecular complexity index is 649. The van der Waals surface area contributed by atoms with E-state index in [1.165, 1.54) is 5.56 Å². The molecule has 0 unspecified atom stereocenters. The summed E-state index contributed by atoms with van der Waals surface area (Å²) in [7, 11) is 0. The van der Waals surface area contributed by atoms with Crippen LogP contribution >= 0.6 is 0 Å². The zero-order valence-electron chi connectivity index (χ0n) is 14.5. The quantitative estimate of drug-likeness (QED) is 0.808. The fraction of sp³-hybridized carbons (Fsp3) is 0.421. The molecule has 2 N–H and O–H groups in total. The lowest BCUT2D eigenvalue weighted by Gasteiger charge is -2.26. The van der Waals surface area contributed by atoms with Gasteiger partial charge in [0.1, 0.15) is 5.76 Å². The van der Waals surface area contributed by atoms with Gasteiger partial charge in [-0.1, -0.05) is 12.1 Å². The van der Waals surface area contributed by atoms with E-state index >= 15 is 0 Å². The van der Waals surface area contributed by atoms with E-state index in [0.717, 1.165) is 44.3 Å². The summed E-state index contributed by atoms with van der Waals surface area (Å²) in [6, 6.07) is 11.7. The van der Waals surface area contributed by atoms with Gasteiger partial charge in [0.05, 0.1) is 32.1 Å². The molecule has 3 rings (SSSR count). The fourth-order valence-electron chi connectivity index (χ4n) is 2.80. The molecular weight excluding hydrogens is 318 g/mol. The molecule has 1 aliphatic rings. The van der Waals surface area contributed by atoms with E-state index in [0.29, 0.717) is 0 Å². The third-order valence-electron chi connectivity index (χ3n) is 4.29. The summed E-state index contributed by atoms with van der Waals surface area (Å²) in [6.45, 7) is 6.66. The molecular formula is C19H25N3O3. The first kappa shape index (κ1) is 17.7. The number of anilines is 1. The molecule has 2 aromatic rings. The number of carbonyl (C=O) groups is 1. The molecule has 0 aliphatic carbocycles. The van der Waals surface area contributed by atoms with E-state index in [1.807, 2.05) is 31.2 Å². The van der Waals surface area contributed by atoms with E-state index in [1.54, 1.807) is 6.26 Å². The Hall–Kier alpha value is -2.15. The lowest BCUT2D eigenvalue weighted by molar-refractivity contribution is -0.115. The number of amides is 1. The minimum Gasteiger partial charge on any atom is -0.468 e. The Morgan fingerprint density at radius 1 is 1.20 bits per heavy atom. The van der Waals surface area contributed by atoms with Crippen LogP contribution in [0.2, 0.25) is 0 Å². The van der Waals surface area contributed by atoms with Crippen molar-refractivity contribution in [2.24, 2.45) is 0 Å². The summed E-state index contributed by atoms with van der Waals surface area (Å²) in [4.78, 5) is 14.4. The molecule has 1 amide bonds. The molecule has 0 saturated carbocycles. The second-order valence-electron chi connectivity index (χ2n) is 6.25. The van der Waals surface area contributed by atoms with E-state index in [-0.39, 0.29) is 18.5 Å². The van der Waals surface area contributed by atoms with E-state index in [4.69, 9.17) is 9.15 Å². The first-order chi connectivity index (χ1) is 12.2.